The van der Waals surface area contributed by atoms with Crippen LogP contribution in [0.2, 0.25) is 5.02 Å². The molecule has 0 aliphatic carbocycles. The third kappa shape index (κ3) is 7.25. The van der Waals surface area contributed by atoms with Gasteiger partial charge in [-0.15, -0.1) is 0 Å². The Balaban J connectivity index is 1.16. The fraction of sp³-hybridized carbons (Fsp3) is 0.545. The summed E-state index contributed by atoms with van der Waals surface area (Å²) in [5.41, 5.74) is 0.0905. The van der Waals surface area contributed by atoms with Crippen molar-refractivity contribution in [2.24, 2.45) is 11.8 Å². The highest BCUT2D eigenvalue weighted by Crippen LogP contribution is 2.40. The van der Waals surface area contributed by atoms with Crippen LogP contribution in [0.1, 0.15) is 55.7 Å². The van der Waals surface area contributed by atoms with E-state index in [9.17, 15) is 32.7 Å². The number of carbonyl (C=O) groups excluding carboxylic acids is 2. The molecule has 0 saturated carbocycles. The average molecular weight is 677 g/mol. The fourth-order valence-corrected chi connectivity index (χ4v) is 7.80. The minimum atomic E-state index is -4.86. The van der Waals surface area contributed by atoms with Gasteiger partial charge >= 0.3 is 17.9 Å². The molecule has 10 nitrogen and oxygen atoms in total. The van der Waals surface area contributed by atoms with E-state index in [0.717, 1.165) is 55.9 Å². The van der Waals surface area contributed by atoms with E-state index in [4.69, 9.17) is 11.6 Å². The number of aromatic amines is 1. The molecule has 3 aliphatic heterocycles. The summed E-state index contributed by atoms with van der Waals surface area (Å²) in [4.78, 5) is 46.4. The number of nitrogens with one attached hydrogen (secondary N) is 3. The molecule has 47 heavy (non-hydrogen) atoms. The van der Waals surface area contributed by atoms with Crippen molar-refractivity contribution in [1.82, 2.24) is 30.0 Å². The van der Waals surface area contributed by atoms with Crippen LogP contribution in [0.5, 0.6) is 5.75 Å². The van der Waals surface area contributed by atoms with Gasteiger partial charge in [0.2, 0.25) is 5.91 Å². The monoisotopic (exact) mass is 676 g/mol. The number of aromatic nitrogens is 2. The third-order valence-corrected chi connectivity index (χ3v) is 10.4. The molecule has 2 aromatic carbocycles. The molecule has 4 heterocycles. The third-order valence-electron chi connectivity index (χ3n) is 10.1. The van der Waals surface area contributed by atoms with E-state index < -0.39 is 34.6 Å². The molecule has 3 amide bonds. The second-order valence-electron chi connectivity index (χ2n) is 13.0. The lowest BCUT2D eigenvalue weighted by molar-refractivity contribution is -0.138. The number of hydrogen-bond donors (Lipinski definition) is 4. The molecule has 3 saturated heterocycles. The van der Waals surface area contributed by atoms with Gasteiger partial charge in [0.1, 0.15) is 11.8 Å². The Hall–Kier alpha value is -3.71. The number of phenolic OH excluding ortho intramolecular Hbond substituents is 1. The molecule has 0 radical (unpaired) electrons. The molecule has 4 N–H and O–H groups in total. The molecule has 1 aromatic heterocycles. The molecule has 14 heteroatoms. The van der Waals surface area contributed by atoms with E-state index in [2.05, 4.69) is 15.6 Å². The SMILES string of the molecule is O=C(N[C@H](Cc1cc(Cl)c(O)c(C(F)(F)F)c1)C(=O)N1CCC(C2CCNCC2)CC1)N1CCC(n2c(=O)[nH]c3ccccc32)CC1. The number of piperidine rings is 3. The van der Waals surface area contributed by atoms with Gasteiger partial charge in [-0.25, -0.2) is 9.59 Å². The molecule has 3 aromatic rings. The van der Waals surface area contributed by atoms with Crippen LogP contribution in [-0.4, -0.2) is 81.7 Å². The first kappa shape index (κ1) is 33.2. The number of aromatic hydroxyl groups is 1. The van der Waals surface area contributed by atoms with Gasteiger partial charge in [-0.2, -0.15) is 13.2 Å². The summed E-state index contributed by atoms with van der Waals surface area (Å²) in [6.45, 7) is 3.65. The van der Waals surface area contributed by atoms with Crippen LogP contribution in [0.15, 0.2) is 41.2 Å². The summed E-state index contributed by atoms with van der Waals surface area (Å²) < 4.78 is 42.8. The number of amides is 3. The quantitative estimate of drug-likeness (QED) is 0.296. The summed E-state index contributed by atoms with van der Waals surface area (Å²) in [7, 11) is 0. The number of urea groups is 1. The number of para-hydroxylation sites is 2. The first-order valence-corrected chi connectivity index (χ1v) is 16.7. The number of fused-ring (bicyclic) bond motifs is 1. The van der Waals surface area contributed by atoms with Crippen molar-refractivity contribution in [3.63, 3.8) is 0 Å². The van der Waals surface area contributed by atoms with Crippen molar-refractivity contribution in [3.8, 4) is 5.75 Å². The normalized spacial score (nSPS) is 19.7. The van der Waals surface area contributed by atoms with E-state index in [1.54, 1.807) is 14.4 Å². The van der Waals surface area contributed by atoms with Gasteiger partial charge in [-0.1, -0.05) is 23.7 Å². The number of carbonyl (C=O) groups is 2. The lowest BCUT2D eigenvalue weighted by Crippen LogP contribution is -2.55. The Morgan fingerprint density at radius 3 is 2.28 bits per heavy atom. The van der Waals surface area contributed by atoms with Crippen molar-refractivity contribution in [3.05, 3.63) is 63.0 Å². The summed E-state index contributed by atoms with van der Waals surface area (Å²) in [6.07, 6.45) is -0.190. The van der Waals surface area contributed by atoms with E-state index in [1.165, 1.54) is 6.07 Å². The highest BCUT2D eigenvalue weighted by molar-refractivity contribution is 6.32. The van der Waals surface area contributed by atoms with Gasteiger partial charge in [0.25, 0.3) is 0 Å². The van der Waals surface area contributed by atoms with Crippen LogP contribution < -0.4 is 16.3 Å². The number of likely N-dealkylation sites (tertiary alicyclic amines) is 2. The summed E-state index contributed by atoms with van der Waals surface area (Å²) in [6, 6.07) is 7.63. The predicted octanol–water partition coefficient (Wildman–Crippen LogP) is 4.90. The minimum absolute atomic E-state index is 0.0702. The fourth-order valence-electron chi connectivity index (χ4n) is 7.56. The van der Waals surface area contributed by atoms with Crippen molar-refractivity contribution >= 4 is 34.6 Å². The van der Waals surface area contributed by atoms with E-state index in [1.807, 2.05) is 24.3 Å². The maximum Gasteiger partial charge on any atom is 0.420 e. The molecule has 0 spiro atoms. The van der Waals surface area contributed by atoms with Gasteiger partial charge in [0.05, 0.1) is 21.6 Å². The average Bonchev–Trinajstić information content (AvgIpc) is 3.41. The Morgan fingerprint density at radius 1 is 0.957 bits per heavy atom. The largest absolute Gasteiger partial charge is 0.506 e. The number of benzene rings is 2. The van der Waals surface area contributed by atoms with Gasteiger partial charge in [0.15, 0.2) is 0 Å². The Kier molecular flexibility index (Phi) is 9.75. The number of nitrogens with zero attached hydrogens (tertiary/aromatic N) is 3. The van der Waals surface area contributed by atoms with E-state index >= 15 is 0 Å². The van der Waals surface area contributed by atoms with E-state index in [-0.39, 0.29) is 29.6 Å². The number of alkyl halides is 3. The summed E-state index contributed by atoms with van der Waals surface area (Å²) in [5, 5.41) is 15.7. The maximum atomic E-state index is 13.9. The molecule has 0 unspecified atom stereocenters. The number of H-pyrrole nitrogens is 1. The van der Waals surface area contributed by atoms with Gasteiger partial charge in [-0.3, -0.25) is 9.36 Å². The zero-order valence-electron chi connectivity index (χ0n) is 26.0. The number of hydrogen-bond acceptors (Lipinski definition) is 5. The number of phenols is 1. The lowest BCUT2D eigenvalue weighted by Gasteiger charge is -2.39. The molecule has 3 fully saturated rings. The van der Waals surface area contributed by atoms with Crippen LogP contribution >= 0.6 is 11.6 Å². The highest BCUT2D eigenvalue weighted by atomic mass is 35.5. The molecular formula is C33H40ClF3N6O4. The first-order valence-electron chi connectivity index (χ1n) is 16.3. The second kappa shape index (κ2) is 13.8. The standard InChI is InChI=1S/C33H40ClF3N6O4/c34-25-18-20(17-24(29(25)44)33(35,36)37)19-27(30(45)41-13-7-22(8-14-41)21-5-11-38-12-6-21)40-31(46)42-15-9-23(10-16-42)43-28-4-2-1-3-26(28)39-32(43)47/h1-4,17-18,21-23,27,38,44H,5-16,19H2,(H,39,47)(H,40,46)/t27-/m1/s1. The van der Waals surface area contributed by atoms with Gasteiger partial charge < -0.3 is 30.5 Å². The number of halogens is 4. The number of rotatable bonds is 6. The molecule has 6 rings (SSSR count). The Morgan fingerprint density at radius 2 is 1.60 bits per heavy atom. The van der Waals surface area contributed by atoms with E-state index in [0.29, 0.717) is 50.9 Å². The molecule has 0 bridgehead atoms. The van der Waals surface area contributed by atoms with Crippen LogP contribution in [0, 0.1) is 11.8 Å². The zero-order valence-corrected chi connectivity index (χ0v) is 26.7. The topological polar surface area (TPSA) is 123 Å². The first-order chi connectivity index (χ1) is 22.5. The summed E-state index contributed by atoms with van der Waals surface area (Å²) >= 11 is 5.99. The van der Waals surface area contributed by atoms with Crippen molar-refractivity contribution < 1.29 is 27.9 Å². The molecule has 3 aliphatic rings. The van der Waals surface area contributed by atoms with Crippen LogP contribution in [0.4, 0.5) is 18.0 Å². The zero-order chi connectivity index (χ0) is 33.3. The van der Waals surface area contributed by atoms with Crippen molar-refractivity contribution in [2.75, 3.05) is 39.3 Å². The van der Waals surface area contributed by atoms with Gasteiger partial charge in [0, 0.05) is 38.6 Å². The minimum Gasteiger partial charge on any atom is -0.506 e. The smallest absolute Gasteiger partial charge is 0.420 e. The molecule has 1 atom stereocenters. The second-order valence-corrected chi connectivity index (χ2v) is 13.4. The Labute approximate surface area is 275 Å². The maximum absolute atomic E-state index is 13.9. The van der Waals surface area contributed by atoms with Crippen molar-refractivity contribution in [1.29, 1.82) is 0 Å². The molecular weight excluding hydrogens is 637 g/mol. The number of imidazole rings is 1. The summed E-state index contributed by atoms with van der Waals surface area (Å²) in [5.74, 6) is -0.329. The molecule has 254 valence electrons. The highest BCUT2D eigenvalue weighted by Gasteiger charge is 2.37. The van der Waals surface area contributed by atoms with Gasteiger partial charge in [-0.05, 0) is 93.3 Å². The van der Waals surface area contributed by atoms with Crippen LogP contribution in [-0.2, 0) is 17.4 Å². The van der Waals surface area contributed by atoms with Crippen LogP contribution in [0.25, 0.3) is 11.0 Å². The van der Waals surface area contributed by atoms with Crippen LogP contribution in [0.3, 0.4) is 0 Å². The predicted molar refractivity (Wildman–Crippen MR) is 171 cm³/mol. The Bertz CT molecular complexity index is 1650. The lowest BCUT2D eigenvalue weighted by atomic mass is 9.79. The van der Waals surface area contributed by atoms with Crippen molar-refractivity contribution in [2.45, 2.75) is 63.2 Å².